The number of aromatic nitrogens is 2. The van der Waals surface area contributed by atoms with Crippen LogP contribution in [0.3, 0.4) is 0 Å². The van der Waals surface area contributed by atoms with Crippen LogP contribution in [0.15, 0.2) is 61.1 Å². The Morgan fingerprint density at radius 2 is 1.81 bits per heavy atom. The van der Waals surface area contributed by atoms with Crippen LogP contribution in [0.2, 0.25) is 0 Å². The Kier molecular flexibility index (Phi) is 4.98. The van der Waals surface area contributed by atoms with Crippen molar-refractivity contribution in [1.82, 2.24) is 14.9 Å². The largest absolute Gasteiger partial charge is 0.353 e. The predicted molar refractivity (Wildman–Crippen MR) is 108 cm³/mol. The molecule has 1 saturated heterocycles. The topological polar surface area (TPSA) is 61.4 Å². The summed E-state index contributed by atoms with van der Waals surface area (Å²) in [6.07, 6.45) is 5.17. The van der Waals surface area contributed by atoms with Crippen molar-refractivity contribution in [2.45, 2.75) is 13.0 Å². The second-order valence-corrected chi connectivity index (χ2v) is 6.78. The number of carbonyl (C=O) groups is 1. The van der Waals surface area contributed by atoms with Gasteiger partial charge in [0.25, 0.3) is 0 Å². The number of benzene rings is 2. The smallest absolute Gasteiger partial charge is 0.241 e. The van der Waals surface area contributed by atoms with E-state index in [0.717, 1.165) is 48.5 Å². The van der Waals surface area contributed by atoms with Gasteiger partial charge in [0.15, 0.2) is 0 Å². The standard InChI is InChI=1S/C21H23N5O/c1-16(25-11-13-26(14-12-25)20-15-22-9-10-23-20)21(27)24-19-8-4-6-17-5-2-3-7-18(17)19/h2-10,15-16H,11-14H2,1H3,(H,24,27). The van der Waals surface area contributed by atoms with E-state index in [0.29, 0.717) is 0 Å². The van der Waals surface area contributed by atoms with Crippen LogP contribution in [0.1, 0.15) is 6.92 Å². The maximum Gasteiger partial charge on any atom is 0.241 e. The number of nitrogens with zero attached hydrogens (tertiary/aromatic N) is 4. The fourth-order valence-electron chi connectivity index (χ4n) is 3.53. The zero-order valence-corrected chi connectivity index (χ0v) is 15.4. The van der Waals surface area contributed by atoms with Crippen molar-refractivity contribution >= 4 is 28.2 Å². The van der Waals surface area contributed by atoms with Gasteiger partial charge in [-0.25, -0.2) is 4.98 Å². The summed E-state index contributed by atoms with van der Waals surface area (Å²) >= 11 is 0. The zero-order chi connectivity index (χ0) is 18.6. The molecule has 0 radical (unpaired) electrons. The van der Waals surface area contributed by atoms with Gasteiger partial charge < -0.3 is 10.2 Å². The van der Waals surface area contributed by atoms with E-state index in [1.54, 1.807) is 18.6 Å². The molecule has 4 rings (SSSR count). The van der Waals surface area contributed by atoms with Crippen LogP contribution in [-0.4, -0.2) is 53.0 Å². The quantitative estimate of drug-likeness (QED) is 0.774. The number of carbonyl (C=O) groups excluding carboxylic acids is 1. The molecule has 2 aromatic carbocycles. The molecule has 6 heteroatoms. The first-order valence-electron chi connectivity index (χ1n) is 9.26. The Bertz CT molecular complexity index is 917. The van der Waals surface area contributed by atoms with Crippen molar-refractivity contribution in [2.24, 2.45) is 0 Å². The number of hydrogen-bond acceptors (Lipinski definition) is 5. The molecule has 138 valence electrons. The summed E-state index contributed by atoms with van der Waals surface area (Å²) in [4.78, 5) is 25.7. The molecule has 27 heavy (non-hydrogen) atoms. The van der Waals surface area contributed by atoms with Gasteiger partial charge in [-0.05, 0) is 18.4 Å². The van der Waals surface area contributed by atoms with Gasteiger partial charge in [-0.2, -0.15) is 0 Å². The molecule has 1 aliphatic heterocycles. The zero-order valence-electron chi connectivity index (χ0n) is 15.4. The van der Waals surface area contributed by atoms with Crippen molar-refractivity contribution in [3.05, 3.63) is 61.1 Å². The maximum absolute atomic E-state index is 12.8. The first-order valence-corrected chi connectivity index (χ1v) is 9.26. The van der Waals surface area contributed by atoms with Crippen LogP contribution in [0.25, 0.3) is 10.8 Å². The van der Waals surface area contributed by atoms with Crippen LogP contribution in [-0.2, 0) is 4.79 Å². The lowest BCUT2D eigenvalue weighted by molar-refractivity contribution is -0.120. The third-order valence-corrected chi connectivity index (χ3v) is 5.16. The molecule has 0 spiro atoms. The summed E-state index contributed by atoms with van der Waals surface area (Å²) in [6.45, 7) is 5.29. The average Bonchev–Trinajstić information content (AvgIpc) is 2.74. The van der Waals surface area contributed by atoms with Gasteiger partial charge in [-0.1, -0.05) is 36.4 Å². The highest BCUT2D eigenvalue weighted by Gasteiger charge is 2.26. The molecule has 1 unspecified atom stereocenters. The molecule has 1 aliphatic rings. The number of anilines is 2. The van der Waals surface area contributed by atoms with E-state index in [2.05, 4.69) is 37.2 Å². The summed E-state index contributed by atoms with van der Waals surface area (Å²) in [5, 5.41) is 5.30. The van der Waals surface area contributed by atoms with Crippen LogP contribution in [0.4, 0.5) is 11.5 Å². The molecule has 1 atom stereocenters. The van der Waals surface area contributed by atoms with Crippen LogP contribution in [0, 0.1) is 0 Å². The molecule has 3 aromatic rings. The lowest BCUT2D eigenvalue weighted by Crippen LogP contribution is -2.53. The maximum atomic E-state index is 12.8. The number of fused-ring (bicyclic) bond motifs is 1. The molecule has 0 aliphatic carbocycles. The molecule has 1 aromatic heterocycles. The second kappa shape index (κ2) is 7.72. The number of rotatable bonds is 4. The number of piperazine rings is 1. The van der Waals surface area contributed by atoms with Crippen LogP contribution < -0.4 is 10.2 Å². The number of hydrogen-bond donors (Lipinski definition) is 1. The lowest BCUT2D eigenvalue weighted by Gasteiger charge is -2.37. The minimum absolute atomic E-state index is 0.0271. The van der Waals surface area contributed by atoms with E-state index in [-0.39, 0.29) is 11.9 Å². The van der Waals surface area contributed by atoms with Gasteiger partial charge in [0.1, 0.15) is 5.82 Å². The minimum Gasteiger partial charge on any atom is -0.353 e. The van der Waals surface area contributed by atoms with E-state index < -0.39 is 0 Å². The summed E-state index contributed by atoms with van der Waals surface area (Å²) in [5.74, 6) is 0.921. The fraction of sp³-hybridized carbons (Fsp3) is 0.286. The third-order valence-electron chi connectivity index (χ3n) is 5.16. The molecule has 1 fully saturated rings. The molecule has 6 nitrogen and oxygen atoms in total. The van der Waals surface area contributed by atoms with Gasteiger partial charge in [-0.15, -0.1) is 0 Å². The monoisotopic (exact) mass is 361 g/mol. The Balaban J connectivity index is 1.40. The van der Waals surface area contributed by atoms with Gasteiger partial charge >= 0.3 is 0 Å². The third kappa shape index (κ3) is 3.75. The Morgan fingerprint density at radius 1 is 1.04 bits per heavy atom. The number of nitrogens with one attached hydrogen (secondary N) is 1. The summed E-state index contributed by atoms with van der Waals surface area (Å²) in [7, 11) is 0. The Labute approximate surface area is 158 Å². The van der Waals surface area contributed by atoms with E-state index in [1.807, 2.05) is 37.3 Å². The highest BCUT2D eigenvalue weighted by Crippen LogP contribution is 2.23. The predicted octanol–water partition coefficient (Wildman–Crippen LogP) is 2.78. The molecule has 0 bridgehead atoms. The normalized spacial score (nSPS) is 16.3. The summed E-state index contributed by atoms with van der Waals surface area (Å²) in [6, 6.07) is 13.9. The molecule has 1 amide bonds. The average molecular weight is 361 g/mol. The number of amides is 1. The highest BCUT2D eigenvalue weighted by molar-refractivity contribution is 6.03. The van der Waals surface area contributed by atoms with E-state index in [1.165, 1.54) is 0 Å². The van der Waals surface area contributed by atoms with Gasteiger partial charge in [0, 0.05) is 49.6 Å². The first-order chi connectivity index (χ1) is 13.2. The van der Waals surface area contributed by atoms with Crippen molar-refractivity contribution in [1.29, 1.82) is 0 Å². The lowest BCUT2D eigenvalue weighted by atomic mass is 10.1. The van der Waals surface area contributed by atoms with Gasteiger partial charge in [-0.3, -0.25) is 14.7 Å². The Hall–Kier alpha value is -2.99. The first kappa shape index (κ1) is 17.4. The second-order valence-electron chi connectivity index (χ2n) is 6.78. The molecular formula is C21H23N5O. The van der Waals surface area contributed by atoms with Gasteiger partial charge in [0.05, 0.1) is 12.2 Å². The van der Waals surface area contributed by atoms with Crippen molar-refractivity contribution in [3.8, 4) is 0 Å². The van der Waals surface area contributed by atoms with Crippen LogP contribution in [0.5, 0.6) is 0 Å². The highest BCUT2D eigenvalue weighted by atomic mass is 16.2. The van der Waals surface area contributed by atoms with Crippen molar-refractivity contribution < 1.29 is 4.79 Å². The van der Waals surface area contributed by atoms with E-state index in [9.17, 15) is 4.79 Å². The molecule has 0 saturated carbocycles. The Morgan fingerprint density at radius 3 is 2.59 bits per heavy atom. The van der Waals surface area contributed by atoms with E-state index in [4.69, 9.17) is 0 Å². The summed E-state index contributed by atoms with van der Waals surface area (Å²) in [5.41, 5.74) is 0.864. The van der Waals surface area contributed by atoms with Crippen molar-refractivity contribution in [2.75, 3.05) is 36.4 Å². The fourth-order valence-corrected chi connectivity index (χ4v) is 3.53. The van der Waals surface area contributed by atoms with Crippen LogP contribution >= 0.6 is 0 Å². The molecule has 2 heterocycles. The van der Waals surface area contributed by atoms with E-state index >= 15 is 0 Å². The van der Waals surface area contributed by atoms with Crippen molar-refractivity contribution in [3.63, 3.8) is 0 Å². The molecule has 1 N–H and O–H groups in total. The molecular weight excluding hydrogens is 338 g/mol. The van der Waals surface area contributed by atoms with Gasteiger partial charge in [0.2, 0.25) is 5.91 Å². The SMILES string of the molecule is CC(C(=O)Nc1cccc2ccccc12)N1CCN(c2cnccn2)CC1. The minimum atomic E-state index is -0.187. The summed E-state index contributed by atoms with van der Waals surface area (Å²) < 4.78 is 0.